The predicted octanol–water partition coefficient (Wildman–Crippen LogP) is 6.01. The second-order valence-corrected chi connectivity index (χ2v) is 7.00. The standard InChI is InChI=1S/C17H15BrCl2/c18-10-9-17(13-2-5-14(19)6-3-13)8-7-12-1-4-15(20)11-16(12)17/h1-6,11H,7-10H2. The van der Waals surface area contributed by atoms with Crippen molar-refractivity contribution in [2.45, 2.75) is 24.7 Å². The van der Waals surface area contributed by atoms with Crippen molar-refractivity contribution in [1.82, 2.24) is 0 Å². The quantitative estimate of drug-likeness (QED) is 0.581. The number of fused-ring (bicyclic) bond motifs is 1. The molecule has 2 aromatic rings. The van der Waals surface area contributed by atoms with Crippen molar-refractivity contribution < 1.29 is 0 Å². The monoisotopic (exact) mass is 368 g/mol. The van der Waals surface area contributed by atoms with Crippen LogP contribution in [0, 0.1) is 0 Å². The minimum absolute atomic E-state index is 0.0638. The Bertz CT molecular complexity index is 617. The fourth-order valence-electron chi connectivity index (χ4n) is 3.33. The maximum Gasteiger partial charge on any atom is 0.0409 e. The second kappa shape index (κ2) is 5.71. The molecule has 0 amide bonds. The van der Waals surface area contributed by atoms with Crippen molar-refractivity contribution in [3.63, 3.8) is 0 Å². The molecule has 3 heteroatoms. The molecule has 0 spiro atoms. The Morgan fingerprint density at radius 3 is 2.40 bits per heavy atom. The molecule has 3 rings (SSSR count). The number of hydrogen-bond acceptors (Lipinski definition) is 0. The summed E-state index contributed by atoms with van der Waals surface area (Å²) in [5.41, 5.74) is 4.20. The average molecular weight is 370 g/mol. The van der Waals surface area contributed by atoms with Crippen LogP contribution in [0.4, 0.5) is 0 Å². The molecule has 0 N–H and O–H groups in total. The summed E-state index contributed by atoms with van der Waals surface area (Å²) in [6.45, 7) is 0. The lowest BCUT2D eigenvalue weighted by molar-refractivity contribution is 0.498. The van der Waals surface area contributed by atoms with Gasteiger partial charge in [0.25, 0.3) is 0 Å². The molecular formula is C17H15BrCl2. The normalized spacial score (nSPS) is 20.9. The van der Waals surface area contributed by atoms with Gasteiger partial charge >= 0.3 is 0 Å². The van der Waals surface area contributed by atoms with Crippen molar-refractivity contribution in [1.29, 1.82) is 0 Å². The molecule has 0 saturated carbocycles. The summed E-state index contributed by atoms with van der Waals surface area (Å²) in [5, 5.41) is 2.58. The van der Waals surface area contributed by atoms with Gasteiger partial charge in [-0.3, -0.25) is 0 Å². The zero-order valence-electron chi connectivity index (χ0n) is 11.0. The van der Waals surface area contributed by atoms with E-state index in [4.69, 9.17) is 23.2 Å². The predicted molar refractivity (Wildman–Crippen MR) is 90.4 cm³/mol. The molecule has 1 unspecified atom stereocenters. The lowest BCUT2D eigenvalue weighted by Gasteiger charge is -2.31. The van der Waals surface area contributed by atoms with Crippen molar-refractivity contribution in [3.05, 3.63) is 69.2 Å². The first kappa shape index (κ1) is 14.4. The Morgan fingerprint density at radius 1 is 1.00 bits per heavy atom. The number of alkyl halides is 1. The Hall–Kier alpha value is -0.500. The fourth-order valence-corrected chi connectivity index (χ4v) is 4.30. The topological polar surface area (TPSA) is 0 Å². The molecule has 104 valence electrons. The summed E-state index contributed by atoms with van der Waals surface area (Å²) in [7, 11) is 0. The summed E-state index contributed by atoms with van der Waals surface area (Å²) in [4.78, 5) is 0. The lowest BCUT2D eigenvalue weighted by atomic mass is 9.73. The minimum atomic E-state index is 0.0638. The van der Waals surface area contributed by atoms with Gasteiger partial charge in [0.1, 0.15) is 0 Å². The van der Waals surface area contributed by atoms with E-state index in [1.54, 1.807) is 0 Å². The molecule has 0 saturated heterocycles. The van der Waals surface area contributed by atoms with Crippen LogP contribution in [-0.4, -0.2) is 5.33 Å². The molecule has 0 heterocycles. The molecule has 1 aliphatic rings. The van der Waals surface area contributed by atoms with Gasteiger partial charge in [-0.2, -0.15) is 0 Å². The maximum atomic E-state index is 6.23. The molecule has 0 aliphatic heterocycles. The first-order chi connectivity index (χ1) is 9.65. The summed E-state index contributed by atoms with van der Waals surface area (Å²) in [6, 6.07) is 14.6. The van der Waals surface area contributed by atoms with Crippen molar-refractivity contribution in [2.24, 2.45) is 0 Å². The number of rotatable bonds is 3. The molecule has 2 aromatic carbocycles. The van der Waals surface area contributed by atoms with Crippen molar-refractivity contribution in [2.75, 3.05) is 5.33 Å². The second-order valence-electron chi connectivity index (χ2n) is 5.33. The van der Waals surface area contributed by atoms with Crippen LogP contribution in [0.25, 0.3) is 0 Å². The molecule has 20 heavy (non-hydrogen) atoms. The Balaban J connectivity index is 2.16. The Kier molecular flexibility index (Phi) is 4.12. The van der Waals surface area contributed by atoms with Crippen LogP contribution >= 0.6 is 39.1 Å². The zero-order chi connectivity index (χ0) is 14.2. The van der Waals surface area contributed by atoms with Crippen LogP contribution in [0.15, 0.2) is 42.5 Å². The third-order valence-electron chi connectivity index (χ3n) is 4.33. The van der Waals surface area contributed by atoms with E-state index in [-0.39, 0.29) is 5.41 Å². The summed E-state index contributed by atoms with van der Waals surface area (Å²) < 4.78 is 0. The Morgan fingerprint density at radius 2 is 1.70 bits per heavy atom. The van der Waals surface area contributed by atoms with Gasteiger partial charge in [0.2, 0.25) is 0 Å². The van der Waals surface area contributed by atoms with Gasteiger partial charge in [0.05, 0.1) is 0 Å². The average Bonchev–Trinajstić information content (AvgIpc) is 2.79. The van der Waals surface area contributed by atoms with Crippen molar-refractivity contribution in [3.8, 4) is 0 Å². The van der Waals surface area contributed by atoms with Gasteiger partial charge in [-0.15, -0.1) is 0 Å². The van der Waals surface area contributed by atoms with E-state index >= 15 is 0 Å². The van der Waals surface area contributed by atoms with Gasteiger partial charge in [-0.05, 0) is 60.2 Å². The van der Waals surface area contributed by atoms with E-state index in [1.165, 1.54) is 16.7 Å². The third kappa shape index (κ3) is 2.41. The SMILES string of the molecule is Clc1ccc(C2(CCBr)CCc3ccc(Cl)cc32)cc1. The number of halogens is 3. The molecule has 0 aromatic heterocycles. The highest BCUT2D eigenvalue weighted by atomic mass is 79.9. The third-order valence-corrected chi connectivity index (χ3v) is 5.21. The lowest BCUT2D eigenvalue weighted by Crippen LogP contribution is -2.25. The van der Waals surface area contributed by atoms with Crippen LogP contribution in [0.5, 0.6) is 0 Å². The zero-order valence-corrected chi connectivity index (χ0v) is 14.1. The van der Waals surface area contributed by atoms with Crippen LogP contribution < -0.4 is 0 Å². The van der Waals surface area contributed by atoms with Crippen molar-refractivity contribution >= 4 is 39.1 Å². The van der Waals surface area contributed by atoms with Crippen LogP contribution in [0.3, 0.4) is 0 Å². The maximum absolute atomic E-state index is 6.23. The molecule has 1 aliphatic carbocycles. The van der Waals surface area contributed by atoms with Crippen LogP contribution in [0.1, 0.15) is 29.5 Å². The fraction of sp³-hybridized carbons (Fsp3) is 0.294. The van der Waals surface area contributed by atoms with Gasteiger partial charge in [-0.25, -0.2) is 0 Å². The largest absolute Gasteiger partial charge is 0.0928 e. The molecule has 0 fully saturated rings. The van der Waals surface area contributed by atoms with E-state index in [0.29, 0.717) is 0 Å². The highest BCUT2D eigenvalue weighted by molar-refractivity contribution is 9.09. The van der Waals surface area contributed by atoms with E-state index in [0.717, 1.165) is 34.6 Å². The van der Waals surface area contributed by atoms with Gasteiger partial charge in [0, 0.05) is 20.8 Å². The van der Waals surface area contributed by atoms with Gasteiger partial charge in [0.15, 0.2) is 0 Å². The molecule has 0 nitrogen and oxygen atoms in total. The van der Waals surface area contributed by atoms with E-state index in [2.05, 4.69) is 40.2 Å². The highest BCUT2D eigenvalue weighted by Crippen LogP contribution is 2.47. The summed E-state index contributed by atoms with van der Waals surface area (Å²) in [6.07, 6.45) is 3.32. The van der Waals surface area contributed by atoms with E-state index in [9.17, 15) is 0 Å². The summed E-state index contributed by atoms with van der Waals surface area (Å²) in [5.74, 6) is 0. The van der Waals surface area contributed by atoms with E-state index < -0.39 is 0 Å². The van der Waals surface area contributed by atoms with E-state index in [1.807, 2.05) is 18.2 Å². The molecule has 0 bridgehead atoms. The van der Waals surface area contributed by atoms with Gasteiger partial charge in [-0.1, -0.05) is 57.3 Å². The number of aryl methyl sites for hydroxylation is 1. The number of benzene rings is 2. The molecular weight excluding hydrogens is 355 g/mol. The first-order valence-electron chi connectivity index (χ1n) is 6.77. The molecule has 1 atom stereocenters. The first-order valence-corrected chi connectivity index (χ1v) is 8.64. The Labute approximate surface area is 138 Å². The minimum Gasteiger partial charge on any atom is -0.0928 e. The van der Waals surface area contributed by atoms with Crippen LogP contribution in [-0.2, 0) is 11.8 Å². The number of hydrogen-bond donors (Lipinski definition) is 0. The van der Waals surface area contributed by atoms with Gasteiger partial charge < -0.3 is 0 Å². The highest BCUT2D eigenvalue weighted by Gasteiger charge is 2.39. The van der Waals surface area contributed by atoms with Crippen LogP contribution in [0.2, 0.25) is 10.0 Å². The summed E-state index contributed by atoms with van der Waals surface area (Å²) >= 11 is 15.9. The molecule has 0 radical (unpaired) electrons. The smallest absolute Gasteiger partial charge is 0.0409 e.